The Morgan fingerprint density at radius 3 is 2.70 bits per heavy atom. The number of hydrogen-bond donors (Lipinski definition) is 1. The summed E-state index contributed by atoms with van der Waals surface area (Å²) in [4.78, 5) is 28.9. The minimum atomic E-state index is -0.135. The van der Waals surface area contributed by atoms with Gasteiger partial charge in [-0.05, 0) is 11.4 Å². The van der Waals surface area contributed by atoms with Crippen LogP contribution in [-0.4, -0.2) is 22.0 Å². The molecule has 2 heterocycles. The van der Waals surface area contributed by atoms with Gasteiger partial charge in [0.05, 0.1) is 16.9 Å². The second kappa shape index (κ2) is 7.02. The molecule has 0 aliphatic rings. The van der Waals surface area contributed by atoms with Crippen LogP contribution in [0.2, 0.25) is 0 Å². The van der Waals surface area contributed by atoms with Gasteiger partial charge < -0.3 is 5.32 Å². The van der Waals surface area contributed by atoms with E-state index >= 15 is 0 Å². The van der Waals surface area contributed by atoms with Gasteiger partial charge in [0, 0.05) is 24.7 Å². The third-order valence-electron chi connectivity index (χ3n) is 3.33. The largest absolute Gasteiger partial charge is 0.350 e. The fourth-order valence-electron chi connectivity index (χ4n) is 2.15. The molecule has 0 aliphatic heterocycles. The summed E-state index contributed by atoms with van der Waals surface area (Å²) in [6.07, 6.45) is 1.52. The van der Waals surface area contributed by atoms with Crippen LogP contribution in [0.3, 0.4) is 0 Å². The number of aromatic nitrogens is 2. The Morgan fingerprint density at radius 1 is 1.17 bits per heavy atom. The number of thiophene rings is 1. The lowest BCUT2D eigenvalue weighted by atomic mass is 10.1. The Bertz CT molecular complexity index is 842. The molecule has 116 valence electrons. The number of nitrogens with one attached hydrogen (secondary N) is 1. The first-order chi connectivity index (χ1) is 11.2. The van der Waals surface area contributed by atoms with E-state index in [9.17, 15) is 9.59 Å². The molecule has 1 aromatic carbocycles. The third-order valence-corrected chi connectivity index (χ3v) is 4.20. The first kappa shape index (κ1) is 15.2. The highest BCUT2D eigenvalue weighted by Gasteiger charge is 2.06. The number of carbonyl (C=O) groups is 1. The van der Waals surface area contributed by atoms with Gasteiger partial charge in [-0.15, -0.1) is 11.3 Å². The average Bonchev–Trinajstić information content (AvgIpc) is 3.11. The van der Waals surface area contributed by atoms with E-state index in [0.717, 1.165) is 5.56 Å². The van der Waals surface area contributed by atoms with Crippen molar-refractivity contribution >= 4 is 17.2 Å². The van der Waals surface area contributed by atoms with Crippen LogP contribution in [0.25, 0.3) is 11.3 Å². The molecule has 0 atom stereocenters. The van der Waals surface area contributed by atoms with Crippen LogP contribution in [0.15, 0.2) is 65.0 Å². The van der Waals surface area contributed by atoms with Gasteiger partial charge in [-0.2, -0.15) is 0 Å². The van der Waals surface area contributed by atoms with Crippen LogP contribution in [0, 0.1) is 0 Å². The molecule has 0 saturated carbocycles. The molecule has 0 unspecified atom stereocenters. The molecule has 0 bridgehead atoms. The first-order valence-corrected chi connectivity index (χ1v) is 8.05. The maximum atomic E-state index is 12.1. The Hall–Kier alpha value is -2.73. The van der Waals surface area contributed by atoms with Crippen molar-refractivity contribution in [1.29, 1.82) is 0 Å². The van der Waals surface area contributed by atoms with E-state index in [0.29, 0.717) is 23.7 Å². The second-order valence-corrected chi connectivity index (χ2v) is 5.85. The maximum Gasteiger partial charge on any atom is 0.261 e. The van der Waals surface area contributed by atoms with Crippen molar-refractivity contribution < 1.29 is 4.79 Å². The molecule has 0 fully saturated rings. The smallest absolute Gasteiger partial charge is 0.261 e. The van der Waals surface area contributed by atoms with Crippen LogP contribution in [0.1, 0.15) is 9.67 Å². The number of carbonyl (C=O) groups excluding carboxylic acids is 1. The van der Waals surface area contributed by atoms with Crippen molar-refractivity contribution in [3.63, 3.8) is 0 Å². The van der Waals surface area contributed by atoms with Gasteiger partial charge in [-0.25, -0.2) is 4.98 Å². The summed E-state index contributed by atoms with van der Waals surface area (Å²) in [6.45, 7) is 0.765. The van der Waals surface area contributed by atoms with E-state index in [2.05, 4.69) is 10.3 Å². The highest BCUT2D eigenvalue weighted by atomic mass is 32.1. The number of nitrogens with zero attached hydrogens (tertiary/aromatic N) is 2. The second-order valence-electron chi connectivity index (χ2n) is 4.91. The quantitative estimate of drug-likeness (QED) is 0.783. The standard InChI is InChI=1S/C17H15N3O2S/c21-16-11-14(13-5-2-1-3-6-13)19-12-20(16)9-8-18-17(22)15-7-4-10-23-15/h1-7,10-12H,8-9H2,(H,18,22). The minimum absolute atomic E-state index is 0.123. The molecular formula is C17H15N3O2S. The van der Waals surface area contributed by atoms with Crippen molar-refractivity contribution in [1.82, 2.24) is 14.9 Å². The van der Waals surface area contributed by atoms with Crippen LogP contribution in [0.5, 0.6) is 0 Å². The molecule has 0 radical (unpaired) electrons. The van der Waals surface area contributed by atoms with Gasteiger partial charge >= 0.3 is 0 Å². The lowest BCUT2D eigenvalue weighted by Crippen LogP contribution is -2.30. The lowest BCUT2D eigenvalue weighted by Gasteiger charge is -2.07. The van der Waals surface area contributed by atoms with Crippen LogP contribution in [-0.2, 0) is 6.54 Å². The average molecular weight is 325 g/mol. The fraction of sp³-hybridized carbons (Fsp3) is 0.118. The van der Waals surface area contributed by atoms with Crippen LogP contribution < -0.4 is 10.9 Å². The molecule has 3 rings (SSSR count). The fourth-order valence-corrected chi connectivity index (χ4v) is 2.79. The summed E-state index contributed by atoms with van der Waals surface area (Å²) in [5.74, 6) is -0.123. The van der Waals surface area contributed by atoms with Crippen LogP contribution in [0.4, 0.5) is 0 Å². The molecule has 3 aromatic rings. The zero-order chi connectivity index (χ0) is 16.1. The monoisotopic (exact) mass is 325 g/mol. The first-order valence-electron chi connectivity index (χ1n) is 7.17. The van der Waals surface area contributed by atoms with Crippen molar-refractivity contribution in [2.24, 2.45) is 0 Å². The molecule has 0 saturated heterocycles. The highest BCUT2D eigenvalue weighted by Crippen LogP contribution is 2.13. The molecular weight excluding hydrogens is 310 g/mol. The molecule has 23 heavy (non-hydrogen) atoms. The van der Waals surface area contributed by atoms with Gasteiger partial charge in [0.25, 0.3) is 11.5 Å². The van der Waals surface area contributed by atoms with Crippen molar-refractivity contribution in [3.8, 4) is 11.3 Å². The molecule has 6 heteroatoms. The number of benzene rings is 1. The summed E-state index contributed by atoms with van der Waals surface area (Å²) in [5.41, 5.74) is 1.42. The van der Waals surface area contributed by atoms with Crippen LogP contribution >= 0.6 is 11.3 Å². The number of rotatable bonds is 5. The summed E-state index contributed by atoms with van der Waals surface area (Å²) >= 11 is 1.39. The van der Waals surface area contributed by atoms with Gasteiger partial charge in [-0.1, -0.05) is 36.4 Å². The Kier molecular flexibility index (Phi) is 4.63. The zero-order valence-electron chi connectivity index (χ0n) is 12.3. The Morgan fingerprint density at radius 2 is 2.00 bits per heavy atom. The van der Waals surface area contributed by atoms with E-state index in [1.165, 1.54) is 28.3 Å². The number of hydrogen-bond acceptors (Lipinski definition) is 4. The Labute approximate surface area is 137 Å². The molecule has 1 amide bonds. The summed E-state index contributed by atoms with van der Waals surface area (Å²) in [5, 5.41) is 4.64. The third kappa shape index (κ3) is 3.73. The summed E-state index contributed by atoms with van der Waals surface area (Å²) in [7, 11) is 0. The normalized spacial score (nSPS) is 10.4. The van der Waals surface area contributed by atoms with Crippen molar-refractivity contribution in [3.05, 3.63) is 75.5 Å². The predicted octanol–water partition coefficient (Wildman–Crippen LogP) is 2.40. The molecule has 1 N–H and O–H groups in total. The van der Waals surface area contributed by atoms with E-state index in [-0.39, 0.29) is 11.5 Å². The van der Waals surface area contributed by atoms with E-state index in [4.69, 9.17) is 0 Å². The van der Waals surface area contributed by atoms with Gasteiger partial charge in [-0.3, -0.25) is 14.2 Å². The topological polar surface area (TPSA) is 64.0 Å². The molecule has 5 nitrogen and oxygen atoms in total. The van der Waals surface area contributed by atoms with E-state index in [1.807, 2.05) is 41.8 Å². The minimum Gasteiger partial charge on any atom is -0.350 e. The SMILES string of the molecule is O=C(NCCn1cnc(-c2ccccc2)cc1=O)c1cccs1. The van der Waals surface area contributed by atoms with Gasteiger partial charge in [0.2, 0.25) is 0 Å². The zero-order valence-corrected chi connectivity index (χ0v) is 13.1. The number of amides is 1. The highest BCUT2D eigenvalue weighted by molar-refractivity contribution is 7.12. The molecule has 0 aliphatic carbocycles. The summed E-state index contributed by atoms with van der Waals surface area (Å²) in [6, 6.07) is 14.7. The summed E-state index contributed by atoms with van der Waals surface area (Å²) < 4.78 is 1.49. The van der Waals surface area contributed by atoms with Gasteiger partial charge in [0.1, 0.15) is 0 Å². The van der Waals surface area contributed by atoms with E-state index < -0.39 is 0 Å². The lowest BCUT2D eigenvalue weighted by molar-refractivity contribution is 0.0956. The predicted molar refractivity (Wildman–Crippen MR) is 90.6 cm³/mol. The van der Waals surface area contributed by atoms with E-state index in [1.54, 1.807) is 6.07 Å². The molecule has 0 spiro atoms. The van der Waals surface area contributed by atoms with Crippen molar-refractivity contribution in [2.75, 3.05) is 6.54 Å². The van der Waals surface area contributed by atoms with Crippen molar-refractivity contribution in [2.45, 2.75) is 6.54 Å². The van der Waals surface area contributed by atoms with Gasteiger partial charge in [0.15, 0.2) is 0 Å². The molecule has 2 aromatic heterocycles. The Balaban J connectivity index is 1.63. The maximum absolute atomic E-state index is 12.1.